The summed E-state index contributed by atoms with van der Waals surface area (Å²) in [5.41, 5.74) is 7.26. The van der Waals surface area contributed by atoms with Crippen LogP contribution in [0.5, 0.6) is 5.75 Å². The molecule has 0 radical (unpaired) electrons. The van der Waals surface area contributed by atoms with Crippen LogP contribution in [-0.2, 0) is 4.79 Å². The molecule has 4 rings (SSSR count). The molecule has 0 aliphatic carbocycles. The van der Waals surface area contributed by atoms with Crippen LogP contribution in [0.4, 0.5) is 5.69 Å². The summed E-state index contributed by atoms with van der Waals surface area (Å²) in [6.45, 7) is 0. The van der Waals surface area contributed by atoms with E-state index in [0.717, 1.165) is 29.0 Å². The first kappa shape index (κ1) is 28.1. The molecule has 4 aromatic rings. The van der Waals surface area contributed by atoms with Gasteiger partial charge < -0.3 is 4.74 Å². The molecule has 2 amide bonds. The Morgan fingerprint density at radius 3 is 2.40 bits per heavy atom. The van der Waals surface area contributed by atoms with Crippen LogP contribution in [0.2, 0.25) is 5.02 Å². The van der Waals surface area contributed by atoms with Crippen molar-refractivity contribution in [3.8, 4) is 34.2 Å². The molecule has 12 heteroatoms. The van der Waals surface area contributed by atoms with E-state index in [4.69, 9.17) is 16.3 Å². The molecular weight excluding hydrogens is 554 g/mol. The van der Waals surface area contributed by atoms with Gasteiger partial charge in [0, 0.05) is 33.8 Å². The van der Waals surface area contributed by atoms with Gasteiger partial charge in [-0.2, -0.15) is 5.26 Å². The zero-order valence-electron chi connectivity index (χ0n) is 20.9. The number of thioether (sulfide) groups is 1. The van der Waals surface area contributed by atoms with E-state index in [-0.39, 0.29) is 22.6 Å². The van der Waals surface area contributed by atoms with Gasteiger partial charge in [-0.15, -0.1) is 0 Å². The maximum Gasteiger partial charge on any atom is 0.270 e. The van der Waals surface area contributed by atoms with Crippen molar-refractivity contribution in [2.24, 2.45) is 0 Å². The predicted octanol–water partition coefficient (Wildman–Crippen LogP) is 5.41. The molecule has 0 unspecified atom stereocenters. The number of hydrogen-bond acceptors (Lipinski definition) is 8. The molecule has 0 atom stereocenters. The first-order valence-corrected chi connectivity index (χ1v) is 13.0. The Labute approximate surface area is 238 Å². The molecule has 0 fully saturated rings. The number of ether oxygens (including phenoxy) is 1. The number of pyridine rings is 1. The zero-order valence-corrected chi connectivity index (χ0v) is 22.5. The summed E-state index contributed by atoms with van der Waals surface area (Å²) in [7, 11) is 1.57. The van der Waals surface area contributed by atoms with Gasteiger partial charge in [-0.25, -0.2) is 4.98 Å². The fraction of sp³-hybridized carbons (Fsp3) is 0.0714. The predicted molar refractivity (Wildman–Crippen MR) is 151 cm³/mol. The van der Waals surface area contributed by atoms with E-state index in [1.54, 1.807) is 49.6 Å². The largest absolute Gasteiger partial charge is 0.497 e. The lowest BCUT2D eigenvalue weighted by molar-refractivity contribution is -0.384. The van der Waals surface area contributed by atoms with Crippen molar-refractivity contribution in [2.45, 2.75) is 5.03 Å². The standard InChI is InChI=1S/C28H20ClN5O5S/c1-39-22-11-7-18(8-12-22)25-14-23(17-5-9-20(29)10-6-17)24(15-30)28(31-25)40-16-26(35)32-33-27(36)19-3-2-4-21(13-19)34(37)38/h2-14H,16H2,1H3,(H,32,35)(H,33,36). The highest BCUT2D eigenvalue weighted by atomic mass is 35.5. The van der Waals surface area contributed by atoms with Gasteiger partial charge in [0.25, 0.3) is 11.6 Å². The number of methoxy groups -OCH3 is 1. The fourth-order valence-electron chi connectivity index (χ4n) is 3.63. The van der Waals surface area contributed by atoms with Crippen LogP contribution < -0.4 is 15.6 Å². The number of carbonyl (C=O) groups is 2. The van der Waals surface area contributed by atoms with Crippen LogP contribution >= 0.6 is 23.4 Å². The Morgan fingerprint density at radius 1 is 1.05 bits per heavy atom. The van der Waals surface area contributed by atoms with Crippen LogP contribution in [0, 0.1) is 21.4 Å². The van der Waals surface area contributed by atoms with Gasteiger partial charge in [-0.05, 0) is 54.1 Å². The highest BCUT2D eigenvalue weighted by molar-refractivity contribution is 8.00. The average Bonchev–Trinajstić information content (AvgIpc) is 2.98. The molecule has 0 spiro atoms. The Balaban J connectivity index is 1.56. The minimum atomic E-state index is -0.718. The second kappa shape index (κ2) is 12.8. The third-order valence-electron chi connectivity index (χ3n) is 5.61. The van der Waals surface area contributed by atoms with Crippen molar-refractivity contribution in [1.82, 2.24) is 15.8 Å². The molecule has 40 heavy (non-hydrogen) atoms. The average molecular weight is 574 g/mol. The first-order valence-electron chi connectivity index (χ1n) is 11.6. The molecule has 200 valence electrons. The SMILES string of the molecule is COc1ccc(-c2cc(-c3ccc(Cl)cc3)c(C#N)c(SCC(=O)NNC(=O)c3cccc([N+](=O)[O-])c3)n2)cc1. The Bertz CT molecular complexity index is 1620. The van der Waals surface area contributed by atoms with Gasteiger partial charge in [-0.1, -0.05) is 41.6 Å². The van der Waals surface area contributed by atoms with Crippen LogP contribution in [0.1, 0.15) is 15.9 Å². The Morgan fingerprint density at radius 2 is 1.75 bits per heavy atom. The molecule has 0 aliphatic heterocycles. The lowest BCUT2D eigenvalue weighted by Crippen LogP contribution is -2.42. The summed E-state index contributed by atoms with van der Waals surface area (Å²) >= 11 is 7.08. The van der Waals surface area contributed by atoms with Gasteiger partial charge in [0.15, 0.2) is 0 Å². The van der Waals surface area contributed by atoms with Gasteiger partial charge in [-0.3, -0.25) is 30.6 Å². The van der Waals surface area contributed by atoms with E-state index in [1.807, 2.05) is 12.1 Å². The van der Waals surface area contributed by atoms with Crippen molar-refractivity contribution in [3.05, 3.63) is 105 Å². The molecule has 0 saturated heterocycles. The number of aromatic nitrogens is 1. The third-order valence-corrected chi connectivity index (χ3v) is 6.84. The second-order valence-electron chi connectivity index (χ2n) is 8.18. The maximum absolute atomic E-state index is 12.6. The lowest BCUT2D eigenvalue weighted by atomic mass is 9.99. The summed E-state index contributed by atoms with van der Waals surface area (Å²) in [5.74, 6) is -0.793. The van der Waals surface area contributed by atoms with E-state index in [1.165, 1.54) is 18.2 Å². The molecule has 2 N–H and O–H groups in total. The number of benzene rings is 3. The summed E-state index contributed by atoms with van der Waals surface area (Å²) in [6.07, 6.45) is 0. The second-order valence-corrected chi connectivity index (χ2v) is 9.58. The number of hydrazine groups is 1. The van der Waals surface area contributed by atoms with Crippen LogP contribution in [-0.4, -0.2) is 34.6 Å². The van der Waals surface area contributed by atoms with Crippen LogP contribution in [0.15, 0.2) is 83.9 Å². The fourth-order valence-corrected chi connectivity index (χ4v) is 4.56. The number of rotatable bonds is 8. The first-order chi connectivity index (χ1) is 19.3. The number of halogens is 1. The maximum atomic E-state index is 12.6. The van der Waals surface area contributed by atoms with Gasteiger partial charge >= 0.3 is 0 Å². The number of non-ortho nitro benzene ring substituents is 1. The van der Waals surface area contributed by atoms with Crippen LogP contribution in [0.25, 0.3) is 22.4 Å². The molecule has 1 heterocycles. The summed E-state index contributed by atoms with van der Waals surface area (Å²) in [6, 6.07) is 23.4. The third kappa shape index (κ3) is 6.74. The topological polar surface area (TPSA) is 147 Å². The highest BCUT2D eigenvalue weighted by Gasteiger charge is 2.18. The molecular formula is C28H20ClN5O5S. The van der Waals surface area contributed by atoms with Crippen molar-refractivity contribution in [1.29, 1.82) is 5.26 Å². The minimum absolute atomic E-state index is 0.00962. The minimum Gasteiger partial charge on any atom is -0.497 e. The number of nitrogens with zero attached hydrogens (tertiary/aromatic N) is 3. The number of carbonyl (C=O) groups excluding carboxylic acids is 2. The molecule has 0 aliphatic rings. The molecule has 0 bridgehead atoms. The van der Waals surface area contributed by atoms with E-state index in [0.29, 0.717) is 27.1 Å². The van der Waals surface area contributed by atoms with E-state index < -0.39 is 16.7 Å². The van der Waals surface area contributed by atoms with Gasteiger partial charge in [0.05, 0.1) is 29.0 Å². The lowest BCUT2D eigenvalue weighted by Gasteiger charge is -2.13. The quantitative estimate of drug-likeness (QED) is 0.161. The van der Waals surface area contributed by atoms with Crippen molar-refractivity contribution >= 4 is 40.9 Å². The van der Waals surface area contributed by atoms with Crippen LogP contribution in [0.3, 0.4) is 0 Å². The number of nitro groups is 1. The normalized spacial score (nSPS) is 10.3. The number of amides is 2. The van der Waals surface area contributed by atoms with Crippen molar-refractivity contribution in [3.63, 3.8) is 0 Å². The zero-order chi connectivity index (χ0) is 28.6. The summed E-state index contributed by atoms with van der Waals surface area (Å²) < 4.78 is 5.23. The number of nitrogens with one attached hydrogen (secondary N) is 2. The molecule has 10 nitrogen and oxygen atoms in total. The molecule has 1 aromatic heterocycles. The number of hydrogen-bond donors (Lipinski definition) is 2. The summed E-state index contributed by atoms with van der Waals surface area (Å²) in [5, 5.41) is 21.8. The Kier molecular flexibility index (Phi) is 8.96. The smallest absolute Gasteiger partial charge is 0.270 e. The summed E-state index contributed by atoms with van der Waals surface area (Å²) in [4.78, 5) is 39.9. The Hall–Kier alpha value is -4.92. The van der Waals surface area contributed by atoms with Crippen molar-refractivity contribution < 1.29 is 19.2 Å². The number of nitriles is 1. The van der Waals surface area contributed by atoms with Crippen molar-refractivity contribution in [2.75, 3.05) is 12.9 Å². The van der Waals surface area contributed by atoms with Gasteiger partial charge in [0.1, 0.15) is 16.8 Å². The van der Waals surface area contributed by atoms with E-state index in [2.05, 4.69) is 21.9 Å². The monoisotopic (exact) mass is 573 g/mol. The van der Waals surface area contributed by atoms with Gasteiger partial charge in [0.2, 0.25) is 5.91 Å². The molecule has 0 saturated carbocycles. The van der Waals surface area contributed by atoms with E-state index >= 15 is 0 Å². The van der Waals surface area contributed by atoms with E-state index in [9.17, 15) is 25.0 Å². The highest BCUT2D eigenvalue weighted by Crippen LogP contribution is 2.35. The molecule has 3 aromatic carbocycles. The number of nitro benzene ring substituents is 1.